The van der Waals surface area contributed by atoms with Crippen LogP contribution < -0.4 is 0 Å². The maximum atomic E-state index is 10.3. The van der Waals surface area contributed by atoms with Gasteiger partial charge in [0.1, 0.15) is 0 Å². The van der Waals surface area contributed by atoms with Crippen LogP contribution in [-0.4, -0.2) is 16.8 Å². The van der Waals surface area contributed by atoms with Crippen molar-refractivity contribution in [2.24, 2.45) is 0 Å². The molecule has 0 spiro atoms. The SMILES string of the molecule is O=C(O)CSc1ccccc1CCl. The minimum atomic E-state index is -0.811. The zero-order valence-corrected chi connectivity index (χ0v) is 8.44. The molecule has 0 fully saturated rings. The summed E-state index contributed by atoms with van der Waals surface area (Å²) < 4.78 is 0. The summed E-state index contributed by atoms with van der Waals surface area (Å²) in [4.78, 5) is 11.3. The number of aliphatic carboxylic acids is 1. The standard InChI is InChI=1S/C9H9ClO2S/c10-5-7-3-1-2-4-8(7)13-6-9(11)12/h1-4H,5-6H2,(H,11,12). The molecule has 2 nitrogen and oxygen atoms in total. The second kappa shape index (κ2) is 5.14. The van der Waals surface area contributed by atoms with Crippen molar-refractivity contribution >= 4 is 29.3 Å². The van der Waals surface area contributed by atoms with Crippen molar-refractivity contribution in [3.63, 3.8) is 0 Å². The summed E-state index contributed by atoms with van der Waals surface area (Å²) >= 11 is 6.98. The Morgan fingerprint density at radius 1 is 1.46 bits per heavy atom. The molecular weight excluding hydrogens is 208 g/mol. The lowest BCUT2D eigenvalue weighted by atomic mass is 10.2. The van der Waals surface area contributed by atoms with Crippen molar-refractivity contribution in [3.05, 3.63) is 29.8 Å². The summed E-state index contributed by atoms with van der Waals surface area (Å²) in [6.45, 7) is 0. The van der Waals surface area contributed by atoms with E-state index in [4.69, 9.17) is 16.7 Å². The maximum absolute atomic E-state index is 10.3. The Balaban J connectivity index is 2.69. The zero-order chi connectivity index (χ0) is 9.68. The second-order valence-electron chi connectivity index (χ2n) is 2.42. The smallest absolute Gasteiger partial charge is 0.313 e. The highest BCUT2D eigenvalue weighted by molar-refractivity contribution is 8.00. The molecule has 0 aromatic heterocycles. The van der Waals surface area contributed by atoms with E-state index in [1.807, 2.05) is 24.3 Å². The average Bonchev–Trinajstić information content (AvgIpc) is 2.15. The third-order valence-corrected chi connectivity index (χ3v) is 2.86. The highest BCUT2D eigenvalue weighted by Crippen LogP contribution is 2.23. The van der Waals surface area contributed by atoms with Gasteiger partial charge in [-0.1, -0.05) is 18.2 Å². The molecule has 13 heavy (non-hydrogen) atoms. The summed E-state index contributed by atoms with van der Waals surface area (Å²) in [5.41, 5.74) is 0.982. The van der Waals surface area contributed by atoms with Crippen molar-refractivity contribution in [1.29, 1.82) is 0 Å². The van der Waals surface area contributed by atoms with Gasteiger partial charge in [0.2, 0.25) is 0 Å². The Morgan fingerprint density at radius 2 is 2.15 bits per heavy atom. The predicted molar refractivity (Wildman–Crippen MR) is 54.4 cm³/mol. The van der Waals surface area contributed by atoms with Crippen LogP contribution in [0.4, 0.5) is 0 Å². The molecule has 70 valence electrons. The number of carboxylic acids is 1. The molecule has 4 heteroatoms. The molecule has 1 aromatic rings. The van der Waals surface area contributed by atoms with Gasteiger partial charge in [0.05, 0.1) is 5.75 Å². The number of thioether (sulfide) groups is 1. The summed E-state index contributed by atoms with van der Waals surface area (Å²) in [7, 11) is 0. The molecule has 0 aliphatic carbocycles. The largest absolute Gasteiger partial charge is 0.481 e. The van der Waals surface area contributed by atoms with Crippen LogP contribution in [0.15, 0.2) is 29.2 Å². The molecule has 1 aromatic carbocycles. The minimum Gasteiger partial charge on any atom is -0.481 e. The van der Waals surface area contributed by atoms with Gasteiger partial charge in [-0.15, -0.1) is 23.4 Å². The van der Waals surface area contributed by atoms with Crippen LogP contribution in [0.25, 0.3) is 0 Å². The van der Waals surface area contributed by atoms with Gasteiger partial charge in [0.25, 0.3) is 0 Å². The van der Waals surface area contributed by atoms with Crippen LogP contribution in [0.2, 0.25) is 0 Å². The number of carboxylic acid groups (broad SMARTS) is 1. The quantitative estimate of drug-likeness (QED) is 0.621. The monoisotopic (exact) mass is 216 g/mol. The van der Waals surface area contributed by atoms with Crippen molar-refractivity contribution in [1.82, 2.24) is 0 Å². The Labute approximate surface area is 85.9 Å². The Kier molecular flexibility index (Phi) is 4.12. The van der Waals surface area contributed by atoms with Crippen molar-refractivity contribution in [2.75, 3.05) is 5.75 Å². The van der Waals surface area contributed by atoms with Crippen LogP contribution in [0.5, 0.6) is 0 Å². The van der Waals surface area contributed by atoms with Gasteiger partial charge in [-0.2, -0.15) is 0 Å². The number of alkyl halides is 1. The first kappa shape index (κ1) is 10.4. The fourth-order valence-electron chi connectivity index (χ4n) is 0.895. The van der Waals surface area contributed by atoms with E-state index >= 15 is 0 Å². The van der Waals surface area contributed by atoms with Crippen LogP contribution in [0.1, 0.15) is 5.56 Å². The van der Waals surface area contributed by atoms with E-state index in [1.165, 1.54) is 11.8 Å². The molecule has 0 unspecified atom stereocenters. The van der Waals surface area contributed by atoms with Gasteiger partial charge in [-0.05, 0) is 11.6 Å². The highest BCUT2D eigenvalue weighted by Gasteiger charge is 2.03. The number of rotatable bonds is 4. The lowest BCUT2D eigenvalue weighted by molar-refractivity contribution is -0.133. The predicted octanol–water partition coefficient (Wildman–Crippen LogP) is 2.60. The fourth-order valence-corrected chi connectivity index (χ4v) is 1.99. The summed E-state index contributed by atoms with van der Waals surface area (Å²) in [6, 6.07) is 7.55. The van der Waals surface area contributed by atoms with Gasteiger partial charge >= 0.3 is 5.97 Å². The first-order valence-electron chi connectivity index (χ1n) is 3.72. The van der Waals surface area contributed by atoms with Crippen molar-refractivity contribution < 1.29 is 9.90 Å². The number of benzene rings is 1. The molecule has 0 aliphatic rings. The molecule has 0 heterocycles. The molecule has 1 rings (SSSR count). The van der Waals surface area contributed by atoms with Crippen LogP contribution in [-0.2, 0) is 10.7 Å². The molecule has 0 aliphatic heterocycles. The third-order valence-electron chi connectivity index (χ3n) is 1.47. The Morgan fingerprint density at radius 3 is 2.77 bits per heavy atom. The van der Waals surface area contributed by atoms with E-state index in [2.05, 4.69) is 0 Å². The van der Waals surface area contributed by atoms with E-state index in [0.717, 1.165) is 10.5 Å². The van der Waals surface area contributed by atoms with Crippen LogP contribution >= 0.6 is 23.4 Å². The molecule has 0 atom stereocenters. The van der Waals surface area contributed by atoms with E-state index < -0.39 is 5.97 Å². The fraction of sp³-hybridized carbons (Fsp3) is 0.222. The topological polar surface area (TPSA) is 37.3 Å². The number of carbonyl (C=O) groups is 1. The molecule has 0 saturated carbocycles. The maximum Gasteiger partial charge on any atom is 0.313 e. The van der Waals surface area contributed by atoms with Gasteiger partial charge in [-0.3, -0.25) is 4.79 Å². The average molecular weight is 217 g/mol. The van der Waals surface area contributed by atoms with Crippen LogP contribution in [0.3, 0.4) is 0 Å². The molecule has 0 radical (unpaired) electrons. The van der Waals surface area contributed by atoms with E-state index in [9.17, 15) is 4.79 Å². The van der Waals surface area contributed by atoms with Crippen LogP contribution in [0, 0.1) is 0 Å². The second-order valence-corrected chi connectivity index (χ2v) is 3.71. The highest BCUT2D eigenvalue weighted by atomic mass is 35.5. The van der Waals surface area contributed by atoms with Gasteiger partial charge in [0, 0.05) is 10.8 Å². The van der Waals surface area contributed by atoms with Gasteiger partial charge < -0.3 is 5.11 Å². The van der Waals surface area contributed by atoms with Gasteiger partial charge in [-0.25, -0.2) is 0 Å². The lowest BCUT2D eigenvalue weighted by Crippen LogP contribution is -1.98. The molecule has 0 bridgehead atoms. The van der Waals surface area contributed by atoms with Crippen molar-refractivity contribution in [2.45, 2.75) is 10.8 Å². The third kappa shape index (κ3) is 3.28. The zero-order valence-electron chi connectivity index (χ0n) is 6.87. The molecule has 0 saturated heterocycles. The molecule has 1 N–H and O–H groups in total. The minimum absolute atomic E-state index is 0.0773. The molecule has 0 amide bonds. The Bertz CT molecular complexity index is 301. The van der Waals surface area contributed by atoms with Gasteiger partial charge in [0.15, 0.2) is 0 Å². The van der Waals surface area contributed by atoms with Crippen molar-refractivity contribution in [3.8, 4) is 0 Å². The lowest BCUT2D eigenvalue weighted by Gasteiger charge is -2.03. The number of halogens is 1. The van der Waals surface area contributed by atoms with E-state index in [1.54, 1.807) is 0 Å². The first-order chi connectivity index (χ1) is 6.24. The number of hydrogen-bond acceptors (Lipinski definition) is 2. The Hall–Kier alpha value is -0.670. The normalized spacial score (nSPS) is 9.92. The summed E-state index contributed by atoms with van der Waals surface area (Å²) in [6.07, 6.45) is 0. The van der Waals surface area contributed by atoms with E-state index in [0.29, 0.717) is 5.88 Å². The first-order valence-corrected chi connectivity index (χ1v) is 5.24. The van der Waals surface area contributed by atoms with E-state index in [-0.39, 0.29) is 5.75 Å². The summed E-state index contributed by atoms with van der Waals surface area (Å²) in [5, 5.41) is 8.48. The number of hydrogen-bond donors (Lipinski definition) is 1. The summed E-state index contributed by atoms with van der Waals surface area (Å²) in [5.74, 6) is -0.314. The molecular formula is C9H9ClO2S.